The molecule has 2 N–H and O–H groups in total. The van der Waals surface area contributed by atoms with Gasteiger partial charge in [0.05, 0.1) is 17.2 Å². The number of alkyl halides is 2. The Bertz CT molecular complexity index is 647. The number of carbonyl (C=O) groups excluding carboxylic acids is 1. The maximum absolute atomic E-state index is 14.4. The number of anilines is 1. The van der Waals surface area contributed by atoms with Crippen LogP contribution in [0.25, 0.3) is 0 Å². The van der Waals surface area contributed by atoms with Gasteiger partial charge in [0.25, 0.3) is 0 Å². The fourth-order valence-electron chi connectivity index (χ4n) is 3.05. The van der Waals surface area contributed by atoms with E-state index in [1.807, 2.05) is 4.90 Å². The van der Waals surface area contributed by atoms with Gasteiger partial charge in [-0.2, -0.15) is 0 Å². The molecule has 0 spiro atoms. The molecular formula is C17H21Cl2FN2O2. The zero-order valence-corrected chi connectivity index (χ0v) is 15.0. The van der Waals surface area contributed by atoms with Gasteiger partial charge >= 0.3 is 0 Å². The van der Waals surface area contributed by atoms with Gasteiger partial charge in [-0.25, -0.2) is 4.39 Å². The number of piperidine rings is 1. The Morgan fingerprint density at radius 1 is 1.42 bits per heavy atom. The Kier molecular flexibility index (Phi) is 4.71. The number of hydrogen-bond donors (Lipinski definition) is 2. The smallest absolute Gasteiger partial charge is 0.229 e. The maximum atomic E-state index is 14.4. The van der Waals surface area contributed by atoms with Crippen molar-refractivity contribution >= 4 is 34.8 Å². The Hall–Kier alpha value is -1.04. The molecule has 0 unspecified atom stereocenters. The first-order valence-electron chi connectivity index (χ1n) is 8.10. The summed E-state index contributed by atoms with van der Waals surface area (Å²) in [6.45, 7) is 3.23. The number of nitrogens with one attached hydrogen (secondary N) is 1. The van der Waals surface area contributed by atoms with Crippen LogP contribution in [0, 0.1) is 11.2 Å². The number of carbonyl (C=O) groups is 1. The zero-order valence-electron chi connectivity index (χ0n) is 13.5. The topological polar surface area (TPSA) is 52.6 Å². The minimum atomic E-state index is -1.01. The van der Waals surface area contributed by atoms with Crippen molar-refractivity contribution in [2.45, 2.75) is 43.2 Å². The summed E-state index contributed by atoms with van der Waals surface area (Å²) < 4.78 is 13.4. The predicted octanol–water partition coefficient (Wildman–Crippen LogP) is 2.99. The monoisotopic (exact) mass is 374 g/mol. The minimum Gasteiger partial charge on any atom is -0.393 e. The van der Waals surface area contributed by atoms with Gasteiger partial charge in [0.1, 0.15) is 10.2 Å². The summed E-state index contributed by atoms with van der Waals surface area (Å²) >= 11 is 12.0. The fraction of sp³-hybridized carbons (Fsp3) is 0.588. The summed E-state index contributed by atoms with van der Waals surface area (Å²) in [5.74, 6) is -0.540. The normalized spacial score (nSPS) is 26.3. The van der Waals surface area contributed by atoms with Crippen LogP contribution in [0.5, 0.6) is 0 Å². The van der Waals surface area contributed by atoms with Gasteiger partial charge in [-0.1, -0.05) is 6.07 Å². The summed E-state index contributed by atoms with van der Waals surface area (Å²) in [6.07, 6.45) is 1.42. The maximum Gasteiger partial charge on any atom is 0.229 e. The quantitative estimate of drug-likeness (QED) is 0.796. The average Bonchev–Trinajstić information content (AvgIpc) is 3.06. The summed E-state index contributed by atoms with van der Waals surface area (Å²) in [6, 6.07) is 4.96. The molecule has 1 saturated heterocycles. The Morgan fingerprint density at radius 3 is 2.58 bits per heavy atom. The van der Waals surface area contributed by atoms with E-state index in [1.54, 1.807) is 19.1 Å². The third-order valence-corrected chi connectivity index (χ3v) is 6.13. The van der Waals surface area contributed by atoms with Crippen molar-refractivity contribution in [1.29, 1.82) is 0 Å². The third kappa shape index (κ3) is 3.35. The first kappa shape index (κ1) is 17.8. The molecule has 1 aromatic carbocycles. The van der Waals surface area contributed by atoms with Gasteiger partial charge in [0.2, 0.25) is 5.91 Å². The van der Waals surface area contributed by atoms with E-state index in [4.69, 9.17) is 23.2 Å². The Balaban J connectivity index is 1.60. The van der Waals surface area contributed by atoms with E-state index in [9.17, 15) is 14.3 Å². The van der Waals surface area contributed by atoms with Crippen LogP contribution in [0.3, 0.4) is 0 Å². The van der Waals surface area contributed by atoms with Crippen LogP contribution in [0.4, 0.5) is 10.1 Å². The lowest BCUT2D eigenvalue weighted by Gasteiger charge is -2.31. The van der Waals surface area contributed by atoms with Gasteiger partial charge in [-0.3, -0.25) is 4.79 Å². The van der Waals surface area contributed by atoms with E-state index in [-0.39, 0.29) is 24.4 Å². The molecule has 3 rings (SSSR count). The number of amides is 1. The third-order valence-electron chi connectivity index (χ3n) is 5.03. The summed E-state index contributed by atoms with van der Waals surface area (Å²) in [5, 5.41) is 12.3. The molecule has 1 amide bonds. The van der Waals surface area contributed by atoms with Gasteiger partial charge in [0.15, 0.2) is 0 Å². The zero-order chi connectivity index (χ0) is 17.5. The molecule has 2 fully saturated rings. The van der Waals surface area contributed by atoms with Crippen LogP contribution in [-0.2, 0) is 11.3 Å². The molecule has 132 valence electrons. The second kappa shape index (κ2) is 6.36. The number of hydrogen-bond acceptors (Lipinski definition) is 3. The largest absolute Gasteiger partial charge is 0.393 e. The molecule has 1 aliphatic heterocycles. The van der Waals surface area contributed by atoms with E-state index < -0.39 is 9.75 Å². The number of nitrogens with zero attached hydrogens (tertiary/aromatic N) is 1. The van der Waals surface area contributed by atoms with Crippen molar-refractivity contribution in [3.63, 3.8) is 0 Å². The fourth-order valence-corrected chi connectivity index (χ4v) is 3.75. The molecule has 7 heteroatoms. The summed E-state index contributed by atoms with van der Waals surface area (Å²) in [4.78, 5) is 14.1. The van der Waals surface area contributed by atoms with Crippen molar-refractivity contribution in [2.75, 3.05) is 18.0 Å². The Labute approximate surface area is 150 Å². The van der Waals surface area contributed by atoms with Crippen molar-refractivity contribution in [3.05, 3.63) is 29.6 Å². The Morgan fingerprint density at radius 2 is 2.04 bits per heavy atom. The number of aliphatic hydroxyl groups excluding tert-OH is 1. The van der Waals surface area contributed by atoms with Gasteiger partial charge in [-0.05, 0) is 43.9 Å². The molecule has 0 bridgehead atoms. The van der Waals surface area contributed by atoms with Crippen molar-refractivity contribution in [3.8, 4) is 0 Å². The summed E-state index contributed by atoms with van der Waals surface area (Å²) in [5.41, 5.74) is 0.441. The molecule has 1 aromatic rings. The average molecular weight is 375 g/mol. The standard InChI is InChI=1S/C17H21Cl2FN2O2/c1-16(10-17(16,18)19)15(24)21-9-11-2-3-14(13(20)8-11)22-6-4-12(23)5-7-22/h2-3,8,12,23H,4-7,9-10H2,1H3,(H,21,24)/t16-/m0/s1. The van der Waals surface area contributed by atoms with Crippen LogP contribution in [0.1, 0.15) is 31.7 Å². The predicted molar refractivity (Wildman–Crippen MR) is 92.9 cm³/mol. The van der Waals surface area contributed by atoms with E-state index in [0.29, 0.717) is 43.6 Å². The second-order valence-electron chi connectivity index (χ2n) is 6.90. The molecule has 1 aliphatic carbocycles. The van der Waals surface area contributed by atoms with E-state index in [1.165, 1.54) is 6.07 Å². The van der Waals surface area contributed by atoms with Crippen molar-refractivity contribution in [1.82, 2.24) is 5.32 Å². The molecule has 4 nitrogen and oxygen atoms in total. The SMILES string of the molecule is C[C@@]1(C(=O)NCc2ccc(N3CCC(O)CC3)c(F)c2)CC1(Cl)Cl. The van der Waals surface area contributed by atoms with Gasteiger partial charge in [-0.15, -0.1) is 23.2 Å². The number of rotatable bonds is 4. The van der Waals surface area contributed by atoms with Gasteiger partial charge < -0.3 is 15.3 Å². The first-order valence-corrected chi connectivity index (χ1v) is 8.86. The molecule has 2 aliphatic rings. The molecule has 1 atom stereocenters. The first-order chi connectivity index (χ1) is 11.2. The molecule has 1 heterocycles. The number of halogens is 3. The lowest BCUT2D eigenvalue weighted by Crippen LogP contribution is -2.36. The van der Waals surface area contributed by atoms with Gasteiger partial charge in [0, 0.05) is 19.6 Å². The second-order valence-corrected chi connectivity index (χ2v) is 8.38. The molecule has 1 saturated carbocycles. The molecule has 0 radical (unpaired) electrons. The highest BCUT2D eigenvalue weighted by Gasteiger charge is 2.67. The highest BCUT2D eigenvalue weighted by molar-refractivity contribution is 6.53. The highest BCUT2D eigenvalue weighted by Crippen LogP contribution is 2.63. The van der Waals surface area contributed by atoms with Crippen LogP contribution in [0.15, 0.2) is 18.2 Å². The van der Waals surface area contributed by atoms with Crippen LogP contribution in [0.2, 0.25) is 0 Å². The highest BCUT2D eigenvalue weighted by atomic mass is 35.5. The number of benzene rings is 1. The lowest BCUT2D eigenvalue weighted by molar-refractivity contribution is -0.125. The van der Waals surface area contributed by atoms with Crippen LogP contribution < -0.4 is 10.2 Å². The van der Waals surface area contributed by atoms with Crippen LogP contribution in [-0.4, -0.2) is 34.5 Å². The molecule has 0 aromatic heterocycles. The molecular weight excluding hydrogens is 354 g/mol. The summed E-state index contributed by atoms with van der Waals surface area (Å²) in [7, 11) is 0. The van der Waals surface area contributed by atoms with E-state index >= 15 is 0 Å². The van der Waals surface area contributed by atoms with Crippen molar-refractivity contribution in [2.24, 2.45) is 5.41 Å². The van der Waals surface area contributed by atoms with E-state index in [0.717, 1.165) is 0 Å². The van der Waals surface area contributed by atoms with E-state index in [2.05, 4.69) is 5.32 Å². The van der Waals surface area contributed by atoms with Crippen LogP contribution >= 0.6 is 23.2 Å². The lowest BCUT2D eigenvalue weighted by atomic mass is 10.1. The minimum absolute atomic E-state index is 0.220. The number of aliphatic hydroxyl groups is 1. The molecule has 24 heavy (non-hydrogen) atoms. The van der Waals surface area contributed by atoms with Crippen molar-refractivity contribution < 1.29 is 14.3 Å².